The third kappa shape index (κ3) is 3.32. The molecular weight excluding hydrogens is 332 g/mol. The molecule has 1 N–H and O–H groups in total. The number of nitrogens with one attached hydrogen (secondary N) is 1. The average molecular weight is 350 g/mol. The van der Waals surface area contributed by atoms with Gasteiger partial charge in [0.25, 0.3) is 5.56 Å². The van der Waals surface area contributed by atoms with Crippen LogP contribution in [0, 0.1) is 20.8 Å². The van der Waals surface area contributed by atoms with Crippen molar-refractivity contribution in [2.45, 2.75) is 44.9 Å². The zero-order valence-electron chi connectivity index (χ0n) is 13.3. The number of fused-ring (bicyclic) bond motifs is 1. The highest BCUT2D eigenvalue weighted by molar-refractivity contribution is 7.99. The molecule has 0 aromatic carbocycles. The van der Waals surface area contributed by atoms with E-state index in [-0.39, 0.29) is 17.5 Å². The zero-order valence-corrected chi connectivity index (χ0v) is 14.9. The molecule has 0 saturated carbocycles. The molecule has 2 aromatic heterocycles. The number of carbonyl (C=O) groups excluding carboxylic acids is 1. The van der Waals surface area contributed by atoms with Crippen LogP contribution in [-0.4, -0.2) is 26.2 Å². The van der Waals surface area contributed by atoms with Gasteiger partial charge in [0.2, 0.25) is 5.91 Å². The molecule has 6 nitrogen and oxygen atoms in total. The van der Waals surface area contributed by atoms with Crippen LogP contribution in [0.5, 0.6) is 0 Å². The number of hydrogen-bond acceptors (Lipinski definition) is 6. The second-order valence-electron chi connectivity index (χ2n) is 5.59. The first kappa shape index (κ1) is 16.2. The summed E-state index contributed by atoms with van der Waals surface area (Å²) >= 11 is 3.12. The molecule has 23 heavy (non-hydrogen) atoms. The van der Waals surface area contributed by atoms with Crippen LogP contribution in [0.1, 0.15) is 33.6 Å². The molecule has 0 aliphatic carbocycles. The van der Waals surface area contributed by atoms with Crippen LogP contribution in [-0.2, 0) is 11.3 Å². The van der Waals surface area contributed by atoms with Crippen LogP contribution in [0.4, 0.5) is 0 Å². The van der Waals surface area contributed by atoms with E-state index in [1.807, 2.05) is 13.8 Å². The predicted octanol–water partition coefficient (Wildman–Crippen LogP) is 1.98. The SMILES string of the molecule is Cc1nc(C)c(CNC(=O)CC2CSc3ncc(C)c(=O)n32)s1. The lowest BCUT2D eigenvalue weighted by Crippen LogP contribution is -2.31. The van der Waals surface area contributed by atoms with E-state index >= 15 is 0 Å². The van der Waals surface area contributed by atoms with Gasteiger partial charge in [0.1, 0.15) is 0 Å². The molecule has 1 amide bonds. The molecule has 3 heterocycles. The quantitative estimate of drug-likeness (QED) is 0.853. The van der Waals surface area contributed by atoms with E-state index < -0.39 is 0 Å². The molecule has 2 aromatic rings. The number of thioether (sulfide) groups is 1. The van der Waals surface area contributed by atoms with Gasteiger partial charge >= 0.3 is 0 Å². The largest absolute Gasteiger partial charge is 0.351 e. The van der Waals surface area contributed by atoms with Gasteiger partial charge in [-0.1, -0.05) is 11.8 Å². The maximum absolute atomic E-state index is 12.3. The Labute approximate surface area is 142 Å². The summed E-state index contributed by atoms with van der Waals surface area (Å²) in [5, 5.41) is 4.63. The van der Waals surface area contributed by atoms with Crippen molar-refractivity contribution in [1.82, 2.24) is 19.9 Å². The molecule has 3 rings (SSSR count). The Balaban J connectivity index is 1.65. The summed E-state index contributed by atoms with van der Waals surface area (Å²) in [4.78, 5) is 34.2. The highest BCUT2D eigenvalue weighted by atomic mass is 32.2. The summed E-state index contributed by atoms with van der Waals surface area (Å²) in [5.74, 6) is 0.653. The van der Waals surface area contributed by atoms with Gasteiger partial charge in [-0.3, -0.25) is 14.2 Å². The molecule has 1 aliphatic heterocycles. The lowest BCUT2D eigenvalue weighted by atomic mass is 10.2. The van der Waals surface area contributed by atoms with Crippen LogP contribution in [0.2, 0.25) is 0 Å². The number of carbonyl (C=O) groups is 1. The molecule has 0 bridgehead atoms. The van der Waals surface area contributed by atoms with Gasteiger partial charge < -0.3 is 5.32 Å². The van der Waals surface area contributed by atoms with Gasteiger partial charge in [0.15, 0.2) is 5.16 Å². The van der Waals surface area contributed by atoms with E-state index in [2.05, 4.69) is 15.3 Å². The van der Waals surface area contributed by atoms with Gasteiger partial charge in [-0.25, -0.2) is 9.97 Å². The Kier molecular flexibility index (Phi) is 4.54. The number of aryl methyl sites for hydroxylation is 3. The summed E-state index contributed by atoms with van der Waals surface area (Å²) in [5.41, 5.74) is 1.52. The Bertz CT molecular complexity index is 812. The smallest absolute Gasteiger partial charge is 0.257 e. The molecule has 0 radical (unpaired) electrons. The van der Waals surface area contributed by atoms with Gasteiger partial charge in [-0.05, 0) is 20.8 Å². The summed E-state index contributed by atoms with van der Waals surface area (Å²) < 4.78 is 1.65. The normalized spacial score (nSPS) is 16.4. The van der Waals surface area contributed by atoms with Crippen molar-refractivity contribution in [2.24, 2.45) is 0 Å². The van der Waals surface area contributed by atoms with E-state index in [0.717, 1.165) is 15.6 Å². The first-order chi connectivity index (χ1) is 11.0. The van der Waals surface area contributed by atoms with E-state index in [1.165, 1.54) is 11.8 Å². The number of amides is 1. The Morgan fingerprint density at radius 3 is 2.91 bits per heavy atom. The monoisotopic (exact) mass is 350 g/mol. The minimum Gasteiger partial charge on any atom is -0.351 e. The number of hydrogen-bond donors (Lipinski definition) is 1. The van der Waals surface area contributed by atoms with Crippen LogP contribution < -0.4 is 10.9 Å². The number of rotatable bonds is 4. The number of aromatic nitrogens is 3. The fourth-order valence-corrected chi connectivity index (χ4v) is 4.56. The lowest BCUT2D eigenvalue weighted by Gasteiger charge is -2.13. The Morgan fingerprint density at radius 2 is 2.22 bits per heavy atom. The molecular formula is C15H18N4O2S2. The van der Waals surface area contributed by atoms with Gasteiger partial charge in [-0.15, -0.1) is 11.3 Å². The van der Waals surface area contributed by atoms with Crippen molar-refractivity contribution >= 4 is 29.0 Å². The van der Waals surface area contributed by atoms with Gasteiger partial charge in [0.05, 0.1) is 23.3 Å². The fraction of sp³-hybridized carbons (Fsp3) is 0.467. The van der Waals surface area contributed by atoms with Crippen molar-refractivity contribution < 1.29 is 4.79 Å². The molecule has 1 unspecified atom stereocenters. The second kappa shape index (κ2) is 6.45. The van der Waals surface area contributed by atoms with Crippen LogP contribution >= 0.6 is 23.1 Å². The average Bonchev–Trinajstić information content (AvgIpc) is 3.04. The summed E-state index contributed by atoms with van der Waals surface area (Å²) in [7, 11) is 0. The van der Waals surface area contributed by atoms with Gasteiger partial charge in [-0.2, -0.15) is 0 Å². The van der Waals surface area contributed by atoms with E-state index in [4.69, 9.17) is 0 Å². The van der Waals surface area contributed by atoms with Crippen molar-refractivity contribution in [3.63, 3.8) is 0 Å². The molecule has 122 valence electrons. The van der Waals surface area contributed by atoms with E-state index in [9.17, 15) is 9.59 Å². The number of thiazole rings is 1. The van der Waals surface area contributed by atoms with E-state index in [1.54, 1.807) is 29.0 Å². The molecule has 0 spiro atoms. The third-order valence-corrected chi connectivity index (χ3v) is 5.95. The van der Waals surface area contributed by atoms with Crippen LogP contribution in [0.15, 0.2) is 16.1 Å². The van der Waals surface area contributed by atoms with Crippen molar-refractivity contribution in [3.8, 4) is 0 Å². The predicted molar refractivity (Wildman–Crippen MR) is 91.0 cm³/mol. The molecule has 8 heteroatoms. The second-order valence-corrected chi connectivity index (χ2v) is 7.86. The molecule has 1 aliphatic rings. The van der Waals surface area contributed by atoms with Crippen LogP contribution in [0.25, 0.3) is 0 Å². The van der Waals surface area contributed by atoms with Crippen LogP contribution in [0.3, 0.4) is 0 Å². The third-order valence-electron chi connectivity index (χ3n) is 3.77. The highest BCUT2D eigenvalue weighted by Crippen LogP contribution is 2.31. The minimum atomic E-state index is -0.126. The zero-order chi connectivity index (χ0) is 16.6. The number of nitrogens with zero attached hydrogens (tertiary/aromatic N) is 3. The standard InChI is InChI=1S/C15H18N4O2S2/c1-8-5-17-15-19(14(8)21)11(7-22-15)4-13(20)16-6-12-9(2)18-10(3)23-12/h5,11H,4,6-7H2,1-3H3,(H,16,20). The minimum absolute atomic E-state index is 0.0493. The molecule has 1 atom stereocenters. The van der Waals surface area contributed by atoms with E-state index in [0.29, 0.717) is 29.4 Å². The maximum atomic E-state index is 12.3. The Morgan fingerprint density at radius 1 is 1.43 bits per heavy atom. The van der Waals surface area contributed by atoms with Gasteiger partial charge in [0, 0.05) is 28.8 Å². The summed E-state index contributed by atoms with van der Waals surface area (Å²) in [6.45, 7) is 6.14. The Hall–Kier alpha value is -1.67. The highest BCUT2D eigenvalue weighted by Gasteiger charge is 2.27. The van der Waals surface area contributed by atoms with Crippen molar-refractivity contribution in [3.05, 3.63) is 37.7 Å². The molecule has 0 saturated heterocycles. The maximum Gasteiger partial charge on any atom is 0.257 e. The van der Waals surface area contributed by atoms with Crippen molar-refractivity contribution in [2.75, 3.05) is 5.75 Å². The summed E-state index contributed by atoms with van der Waals surface area (Å²) in [6, 6.07) is -0.126. The lowest BCUT2D eigenvalue weighted by molar-refractivity contribution is -0.121. The summed E-state index contributed by atoms with van der Waals surface area (Å²) in [6.07, 6.45) is 1.89. The van der Waals surface area contributed by atoms with Crippen molar-refractivity contribution in [1.29, 1.82) is 0 Å². The first-order valence-electron chi connectivity index (χ1n) is 7.36. The topological polar surface area (TPSA) is 76.9 Å². The first-order valence-corrected chi connectivity index (χ1v) is 9.16. The molecule has 0 fully saturated rings. The fourth-order valence-electron chi connectivity index (χ4n) is 2.57.